The molecule has 3 aromatic rings. The average Bonchev–Trinajstić information content (AvgIpc) is 3.23. The van der Waals surface area contributed by atoms with Gasteiger partial charge in [0.15, 0.2) is 0 Å². The van der Waals surface area contributed by atoms with Gasteiger partial charge >= 0.3 is 6.03 Å². The molecule has 0 aliphatic carbocycles. The molecule has 7 nitrogen and oxygen atoms in total. The van der Waals surface area contributed by atoms with E-state index in [-0.39, 0.29) is 6.03 Å². The van der Waals surface area contributed by atoms with Crippen molar-refractivity contribution in [2.75, 3.05) is 31.9 Å². The van der Waals surface area contributed by atoms with Crippen molar-refractivity contribution < 1.29 is 9.59 Å². The third-order valence-corrected chi connectivity index (χ3v) is 5.35. The number of halogens is 1. The fourth-order valence-corrected chi connectivity index (χ4v) is 3.65. The van der Waals surface area contributed by atoms with E-state index in [0.717, 1.165) is 41.3 Å². The molecule has 4 rings (SSSR count). The minimum Gasteiger partial charge on any atom is -0.396 e. The number of carbonyl (C=O) groups excluding carboxylic acids is 2. The summed E-state index contributed by atoms with van der Waals surface area (Å²) >= 11 is 6.55. The summed E-state index contributed by atoms with van der Waals surface area (Å²) in [4.78, 5) is 24.5. The SMILES string of the molecule is C=O.Nc1cnn(C(=O)N2CCN(Cc3ccc(-c4ccccc4)cc3Cl)CC2)c1. The van der Waals surface area contributed by atoms with Gasteiger partial charge in [-0.15, -0.1) is 0 Å². The van der Waals surface area contributed by atoms with Gasteiger partial charge in [-0.05, 0) is 22.8 Å². The van der Waals surface area contributed by atoms with E-state index in [1.807, 2.05) is 31.1 Å². The quantitative estimate of drug-likeness (QED) is 0.695. The summed E-state index contributed by atoms with van der Waals surface area (Å²) in [7, 11) is 0. The summed E-state index contributed by atoms with van der Waals surface area (Å²) in [5, 5.41) is 4.76. The van der Waals surface area contributed by atoms with Crippen LogP contribution in [0, 0.1) is 0 Å². The Bertz CT molecular complexity index is 984. The molecule has 0 saturated carbocycles. The fourth-order valence-electron chi connectivity index (χ4n) is 3.41. The van der Waals surface area contributed by atoms with Crippen LogP contribution < -0.4 is 5.73 Å². The van der Waals surface area contributed by atoms with Crippen molar-refractivity contribution in [2.45, 2.75) is 6.54 Å². The lowest BCUT2D eigenvalue weighted by molar-refractivity contribution is -0.0979. The van der Waals surface area contributed by atoms with E-state index in [1.165, 1.54) is 10.9 Å². The van der Waals surface area contributed by atoms with Crippen LogP contribution in [0.2, 0.25) is 5.02 Å². The molecule has 156 valence electrons. The Morgan fingerprint density at radius 3 is 2.33 bits per heavy atom. The Morgan fingerprint density at radius 2 is 1.73 bits per heavy atom. The van der Waals surface area contributed by atoms with Gasteiger partial charge < -0.3 is 15.4 Å². The van der Waals surface area contributed by atoms with E-state index in [2.05, 4.69) is 34.3 Å². The van der Waals surface area contributed by atoms with Crippen molar-refractivity contribution in [1.29, 1.82) is 0 Å². The summed E-state index contributed by atoms with van der Waals surface area (Å²) < 4.78 is 1.30. The molecule has 0 radical (unpaired) electrons. The number of anilines is 1. The number of rotatable bonds is 3. The highest BCUT2D eigenvalue weighted by atomic mass is 35.5. The number of nitrogen functional groups attached to an aromatic ring is 1. The largest absolute Gasteiger partial charge is 0.396 e. The Labute approximate surface area is 180 Å². The maximum Gasteiger partial charge on any atom is 0.344 e. The Morgan fingerprint density at radius 1 is 1.03 bits per heavy atom. The Balaban J connectivity index is 0.00000124. The number of hydrogen-bond donors (Lipinski definition) is 1. The highest BCUT2D eigenvalue weighted by Gasteiger charge is 2.23. The summed E-state index contributed by atoms with van der Waals surface area (Å²) in [5.41, 5.74) is 9.49. The predicted octanol–water partition coefficient (Wildman–Crippen LogP) is 3.39. The minimum atomic E-state index is -0.137. The van der Waals surface area contributed by atoms with Crippen LogP contribution in [0.3, 0.4) is 0 Å². The van der Waals surface area contributed by atoms with Crippen molar-refractivity contribution in [3.8, 4) is 11.1 Å². The molecule has 8 heteroatoms. The zero-order valence-corrected chi connectivity index (χ0v) is 17.3. The van der Waals surface area contributed by atoms with Gasteiger partial charge in [-0.25, -0.2) is 4.79 Å². The van der Waals surface area contributed by atoms with Gasteiger partial charge in [-0.3, -0.25) is 4.90 Å². The Hall–Kier alpha value is -3.16. The van der Waals surface area contributed by atoms with Crippen LogP contribution in [-0.4, -0.2) is 58.6 Å². The smallest absolute Gasteiger partial charge is 0.344 e. The highest BCUT2D eigenvalue weighted by molar-refractivity contribution is 6.31. The molecular weight excluding hydrogens is 402 g/mol. The molecule has 1 fully saturated rings. The van der Waals surface area contributed by atoms with Crippen LogP contribution in [0.1, 0.15) is 5.56 Å². The van der Waals surface area contributed by atoms with Crippen LogP contribution in [0.25, 0.3) is 11.1 Å². The van der Waals surface area contributed by atoms with Gasteiger partial charge in [0.2, 0.25) is 0 Å². The molecule has 1 aliphatic heterocycles. The second-order valence-electron chi connectivity index (χ2n) is 6.94. The van der Waals surface area contributed by atoms with Crippen molar-refractivity contribution >= 4 is 30.1 Å². The molecule has 1 aliphatic rings. The standard InChI is InChI=1S/C21H22ClN5O.CH2O/c22-20-12-17(16-4-2-1-3-5-16)6-7-18(20)14-25-8-10-26(11-9-25)21(28)27-15-19(23)13-24-27;1-2/h1-7,12-13,15H,8-11,14,23H2;1H2. The van der Waals surface area contributed by atoms with E-state index in [4.69, 9.17) is 22.1 Å². The second-order valence-corrected chi connectivity index (χ2v) is 7.34. The zero-order chi connectivity index (χ0) is 21.5. The number of piperazine rings is 1. The molecule has 2 N–H and O–H groups in total. The third-order valence-electron chi connectivity index (χ3n) is 5.00. The number of nitrogens with zero attached hydrogens (tertiary/aromatic N) is 4. The van der Waals surface area contributed by atoms with E-state index >= 15 is 0 Å². The number of amides is 1. The molecule has 1 aromatic heterocycles. The summed E-state index contributed by atoms with van der Waals surface area (Å²) in [6.07, 6.45) is 3.03. The molecule has 0 bridgehead atoms. The van der Waals surface area contributed by atoms with Crippen LogP contribution >= 0.6 is 11.6 Å². The normalized spacial score (nSPS) is 14.1. The van der Waals surface area contributed by atoms with Gasteiger partial charge in [0.05, 0.1) is 18.1 Å². The Kier molecular flexibility index (Phi) is 7.21. The number of carbonyl (C=O) groups is 2. The lowest BCUT2D eigenvalue weighted by Crippen LogP contribution is -2.49. The molecule has 0 spiro atoms. The lowest BCUT2D eigenvalue weighted by Gasteiger charge is -2.34. The molecular formula is C22H24ClN5O2. The van der Waals surface area contributed by atoms with E-state index in [0.29, 0.717) is 18.8 Å². The number of aromatic nitrogens is 2. The second kappa shape index (κ2) is 10.0. The van der Waals surface area contributed by atoms with Crippen molar-refractivity contribution in [3.63, 3.8) is 0 Å². The first-order chi connectivity index (χ1) is 14.6. The van der Waals surface area contributed by atoms with Gasteiger partial charge in [-0.1, -0.05) is 54.1 Å². The van der Waals surface area contributed by atoms with Crippen LogP contribution in [-0.2, 0) is 11.3 Å². The van der Waals surface area contributed by atoms with E-state index < -0.39 is 0 Å². The van der Waals surface area contributed by atoms with Gasteiger partial charge in [-0.2, -0.15) is 9.78 Å². The lowest BCUT2D eigenvalue weighted by atomic mass is 10.0. The number of hydrogen-bond acceptors (Lipinski definition) is 5. The average molecular weight is 426 g/mol. The summed E-state index contributed by atoms with van der Waals surface area (Å²) in [6, 6.07) is 16.3. The van der Waals surface area contributed by atoms with Gasteiger partial charge in [0, 0.05) is 37.7 Å². The number of benzene rings is 2. The summed E-state index contributed by atoms with van der Waals surface area (Å²) in [5.74, 6) is 0. The van der Waals surface area contributed by atoms with Crippen molar-refractivity contribution in [1.82, 2.24) is 19.6 Å². The van der Waals surface area contributed by atoms with Gasteiger partial charge in [0.1, 0.15) is 6.79 Å². The molecule has 1 saturated heterocycles. The van der Waals surface area contributed by atoms with Crippen LogP contribution in [0.4, 0.5) is 10.5 Å². The monoisotopic (exact) mass is 425 g/mol. The fraction of sp³-hybridized carbons (Fsp3) is 0.227. The summed E-state index contributed by atoms with van der Waals surface area (Å²) in [6.45, 7) is 5.65. The number of nitrogens with two attached hydrogens (primary N) is 1. The minimum absolute atomic E-state index is 0.137. The maximum absolute atomic E-state index is 12.4. The van der Waals surface area contributed by atoms with Crippen molar-refractivity contribution in [2.24, 2.45) is 0 Å². The first-order valence-corrected chi connectivity index (χ1v) is 9.92. The van der Waals surface area contributed by atoms with E-state index in [1.54, 1.807) is 11.1 Å². The zero-order valence-electron chi connectivity index (χ0n) is 16.6. The molecule has 2 heterocycles. The topological polar surface area (TPSA) is 84.5 Å². The molecule has 30 heavy (non-hydrogen) atoms. The van der Waals surface area contributed by atoms with Crippen molar-refractivity contribution in [3.05, 3.63) is 71.5 Å². The molecule has 2 aromatic carbocycles. The molecule has 0 unspecified atom stereocenters. The molecule has 1 amide bonds. The first kappa shape index (κ1) is 21.5. The van der Waals surface area contributed by atoms with E-state index in [9.17, 15) is 4.79 Å². The third kappa shape index (κ3) is 5.06. The van der Waals surface area contributed by atoms with Crippen LogP contribution in [0.5, 0.6) is 0 Å². The van der Waals surface area contributed by atoms with Gasteiger partial charge in [0.25, 0.3) is 0 Å². The maximum atomic E-state index is 12.4. The first-order valence-electron chi connectivity index (χ1n) is 9.54. The van der Waals surface area contributed by atoms with Crippen LogP contribution in [0.15, 0.2) is 60.9 Å². The molecule has 0 atom stereocenters. The predicted molar refractivity (Wildman–Crippen MR) is 118 cm³/mol. The highest BCUT2D eigenvalue weighted by Crippen LogP contribution is 2.26.